The lowest BCUT2D eigenvalue weighted by molar-refractivity contribution is 0.211. The van der Waals surface area contributed by atoms with E-state index in [0.717, 1.165) is 3.57 Å². The molecule has 1 aromatic rings. The second-order valence-corrected chi connectivity index (χ2v) is 4.58. The van der Waals surface area contributed by atoms with E-state index in [9.17, 15) is 9.50 Å². The van der Waals surface area contributed by atoms with Crippen LogP contribution in [0, 0.1) is 20.7 Å². The largest absolute Gasteiger partial charge is 0.390 e. The zero-order valence-corrected chi connectivity index (χ0v) is 11.1. The van der Waals surface area contributed by atoms with Crippen molar-refractivity contribution in [2.75, 3.05) is 17.7 Å². The Morgan fingerprint density at radius 1 is 1.62 bits per heavy atom. The van der Waals surface area contributed by atoms with Gasteiger partial charge in [0.15, 0.2) is 0 Å². The third kappa shape index (κ3) is 3.47. The van der Waals surface area contributed by atoms with E-state index in [-0.39, 0.29) is 18.0 Å². The molecule has 0 aliphatic carbocycles. The van der Waals surface area contributed by atoms with Crippen LogP contribution in [0.5, 0.6) is 0 Å². The molecule has 6 heteroatoms. The van der Waals surface area contributed by atoms with Crippen molar-refractivity contribution in [3.05, 3.63) is 27.1 Å². The van der Waals surface area contributed by atoms with Gasteiger partial charge in [-0.2, -0.15) is 5.26 Å². The first-order valence-corrected chi connectivity index (χ1v) is 6.07. The number of aliphatic hydroxyl groups excluding tert-OH is 1. The highest BCUT2D eigenvalue weighted by Gasteiger charge is 2.09. The van der Waals surface area contributed by atoms with Gasteiger partial charge in [0.2, 0.25) is 0 Å². The fourth-order valence-corrected chi connectivity index (χ4v) is 1.82. The number of alkyl halides is 1. The molecule has 86 valence electrons. The van der Waals surface area contributed by atoms with Gasteiger partial charge in [0.25, 0.3) is 0 Å². The van der Waals surface area contributed by atoms with Gasteiger partial charge in [-0.25, -0.2) is 4.39 Å². The van der Waals surface area contributed by atoms with Gasteiger partial charge in [-0.15, -0.1) is 11.6 Å². The van der Waals surface area contributed by atoms with Crippen molar-refractivity contribution in [3.8, 4) is 6.07 Å². The van der Waals surface area contributed by atoms with E-state index in [1.807, 2.05) is 22.6 Å². The maximum atomic E-state index is 13.3. The molecule has 0 heterocycles. The number of nitriles is 1. The monoisotopic (exact) mass is 354 g/mol. The molecule has 2 N–H and O–H groups in total. The summed E-state index contributed by atoms with van der Waals surface area (Å²) in [4.78, 5) is 0. The molecule has 0 aliphatic rings. The zero-order chi connectivity index (χ0) is 12.1. The van der Waals surface area contributed by atoms with E-state index >= 15 is 0 Å². The molecular weight excluding hydrogens is 345 g/mol. The number of halogens is 3. The predicted molar refractivity (Wildman–Crippen MR) is 69.0 cm³/mol. The number of benzene rings is 1. The molecule has 0 fully saturated rings. The summed E-state index contributed by atoms with van der Waals surface area (Å²) < 4.78 is 14.0. The van der Waals surface area contributed by atoms with E-state index in [1.54, 1.807) is 6.07 Å². The molecule has 0 spiro atoms. The standard InChI is InChI=1S/C10H9ClFIN2O/c11-3-7(16)5-15-10-2-8(12)6(4-14)1-9(10)13/h1-2,7,15-16H,3,5H2. The van der Waals surface area contributed by atoms with Crippen LogP contribution in [-0.2, 0) is 0 Å². The van der Waals surface area contributed by atoms with Crippen molar-refractivity contribution in [2.24, 2.45) is 0 Å². The molecule has 0 radical (unpaired) electrons. The lowest BCUT2D eigenvalue weighted by atomic mass is 10.2. The second kappa shape index (κ2) is 6.23. The molecule has 1 unspecified atom stereocenters. The molecule has 0 saturated heterocycles. The zero-order valence-electron chi connectivity index (χ0n) is 8.17. The Balaban J connectivity index is 2.82. The maximum Gasteiger partial charge on any atom is 0.143 e. The molecule has 1 aromatic carbocycles. The highest BCUT2D eigenvalue weighted by Crippen LogP contribution is 2.22. The average molecular weight is 355 g/mol. The molecule has 3 nitrogen and oxygen atoms in total. The van der Waals surface area contributed by atoms with Crippen LogP contribution >= 0.6 is 34.2 Å². The molecule has 1 atom stereocenters. The van der Waals surface area contributed by atoms with Gasteiger partial charge >= 0.3 is 0 Å². The maximum absolute atomic E-state index is 13.3. The average Bonchev–Trinajstić information content (AvgIpc) is 2.29. The highest BCUT2D eigenvalue weighted by atomic mass is 127. The second-order valence-electron chi connectivity index (χ2n) is 3.11. The van der Waals surface area contributed by atoms with Gasteiger partial charge in [-0.05, 0) is 34.7 Å². The van der Waals surface area contributed by atoms with Crippen molar-refractivity contribution in [1.82, 2.24) is 0 Å². The molecule has 16 heavy (non-hydrogen) atoms. The van der Waals surface area contributed by atoms with Crippen molar-refractivity contribution in [1.29, 1.82) is 5.26 Å². The summed E-state index contributed by atoms with van der Waals surface area (Å²) in [7, 11) is 0. The molecule has 0 aromatic heterocycles. The Hall–Kier alpha value is -0.580. The number of rotatable bonds is 4. The highest BCUT2D eigenvalue weighted by molar-refractivity contribution is 14.1. The SMILES string of the molecule is N#Cc1cc(I)c(NCC(O)CCl)cc1F. The molecule has 0 amide bonds. The van der Waals surface area contributed by atoms with E-state index < -0.39 is 11.9 Å². The Bertz CT molecular complexity index is 422. The van der Waals surface area contributed by atoms with Crippen molar-refractivity contribution in [3.63, 3.8) is 0 Å². The van der Waals surface area contributed by atoms with Gasteiger partial charge in [-0.1, -0.05) is 0 Å². The Morgan fingerprint density at radius 3 is 2.88 bits per heavy atom. The summed E-state index contributed by atoms with van der Waals surface area (Å²) >= 11 is 7.42. The van der Waals surface area contributed by atoms with Gasteiger partial charge in [0.05, 0.1) is 23.2 Å². The fourth-order valence-electron chi connectivity index (χ4n) is 1.05. The smallest absolute Gasteiger partial charge is 0.143 e. The summed E-state index contributed by atoms with van der Waals surface area (Å²) in [5, 5.41) is 20.7. The number of nitrogens with one attached hydrogen (secondary N) is 1. The van der Waals surface area contributed by atoms with Crippen LogP contribution < -0.4 is 5.32 Å². The number of hydrogen-bond acceptors (Lipinski definition) is 3. The third-order valence-corrected chi connectivity index (χ3v) is 3.13. The summed E-state index contributed by atoms with van der Waals surface area (Å²) in [6, 6.07) is 4.45. The molecular formula is C10H9ClFIN2O. The lowest BCUT2D eigenvalue weighted by Gasteiger charge is -2.12. The van der Waals surface area contributed by atoms with E-state index in [2.05, 4.69) is 5.32 Å². The first-order valence-electron chi connectivity index (χ1n) is 4.45. The van der Waals surface area contributed by atoms with E-state index in [1.165, 1.54) is 12.1 Å². The Labute approximate surface area is 111 Å². The topological polar surface area (TPSA) is 56.0 Å². The van der Waals surface area contributed by atoms with Crippen LogP contribution in [0.1, 0.15) is 5.56 Å². The van der Waals surface area contributed by atoms with Crippen LogP contribution in [0.15, 0.2) is 12.1 Å². The van der Waals surface area contributed by atoms with E-state index in [4.69, 9.17) is 16.9 Å². The van der Waals surface area contributed by atoms with Crippen LogP contribution in [0.3, 0.4) is 0 Å². The van der Waals surface area contributed by atoms with E-state index in [0.29, 0.717) is 5.69 Å². The molecule has 0 saturated carbocycles. The van der Waals surface area contributed by atoms with Crippen LogP contribution in [0.4, 0.5) is 10.1 Å². The quantitative estimate of drug-likeness (QED) is 0.644. The first-order chi connectivity index (χ1) is 7.58. The predicted octanol–water partition coefficient (Wildman–Crippen LogP) is 2.31. The Kier molecular flexibility index (Phi) is 5.25. The van der Waals surface area contributed by atoms with Gasteiger partial charge in [-0.3, -0.25) is 0 Å². The van der Waals surface area contributed by atoms with Crippen molar-refractivity contribution < 1.29 is 9.50 Å². The van der Waals surface area contributed by atoms with Crippen molar-refractivity contribution >= 4 is 39.9 Å². The van der Waals surface area contributed by atoms with Gasteiger partial charge in [0.1, 0.15) is 11.9 Å². The normalized spacial score (nSPS) is 11.9. The fraction of sp³-hybridized carbons (Fsp3) is 0.300. The summed E-state index contributed by atoms with van der Waals surface area (Å²) in [5.74, 6) is -0.465. The molecule has 1 rings (SSSR count). The first kappa shape index (κ1) is 13.5. The van der Waals surface area contributed by atoms with Gasteiger partial charge in [0, 0.05) is 10.1 Å². The lowest BCUT2D eigenvalue weighted by Crippen LogP contribution is -2.21. The number of anilines is 1. The Morgan fingerprint density at radius 2 is 2.31 bits per heavy atom. The van der Waals surface area contributed by atoms with Crippen molar-refractivity contribution in [2.45, 2.75) is 6.10 Å². The number of aliphatic hydroxyl groups is 1. The summed E-state index contributed by atoms with van der Waals surface area (Å²) in [6.07, 6.45) is -0.684. The number of nitrogens with zero attached hydrogens (tertiary/aromatic N) is 1. The van der Waals surface area contributed by atoms with Crippen LogP contribution in [0.25, 0.3) is 0 Å². The minimum Gasteiger partial charge on any atom is -0.390 e. The third-order valence-electron chi connectivity index (χ3n) is 1.88. The summed E-state index contributed by atoms with van der Waals surface area (Å²) in [6.45, 7) is 0.241. The summed E-state index contributed by atoms with van der Waals surface area (Å²) in [5.41, 5.74) is 0.550. The molecule has 0 bridgehead atoms. The van der Waals surface area contributed by atoms with Crippen LogP contribution in [0.2, 0.25) is 0 Å². The van der Waals surface area contributed by atoms with Gasteiger partial charge < -0.3 is 10.4 Å². The minimum atomic E-state index is -0.684. The minimum absolute atomic E-state index is 0.00726. The molecule has 0 aliphatic heterocycles. The number of hydrogen-bond donors (Lipinski definition) is 2. The van der Waals surface area contributed by atoms with Crippen LogP contribution in [-0.4, -0.2) is 23.6 Å².